The number of nitrogen functional groups attached to an aromatic ring is 1. The van der Waals surface area contributed by atoms with Crippen molar-refractivity contribution in [2.45, 2.75) is 213 Å². The van der Waals surface area contributed by atoms with Crippen LogP contribution in [0.5, 0.6) is 6.01 Å². The first kappa shape index (κ1) is 60.3. The number of anilines is 1. The van der Waals surface area contributed by atoms with Crippen molar-refractivity contribution in [2.75, 3.05) is 39.2 Å². The first-order valence-electron chi connectivity index (χ1n) is 27.5. The van der Waals surface area contributed by atoms with Gasteiger partial charge in [0.2, 0.25) is 0 Å². The van der Waals surface area contributed by atoms with Gasteiger partial charge in [0.1, 0.15) is 24.8 Å². The number of ether oxygens (including phenoxy) is 4. The molecule has 1 aromatic carbocycles. The van der Waals surface area contributed by atoms with Crippen LogP contribution in [0.3, 0.4) is 0 Å². The Kier molecular flexibility index (Phi) is 33.7. The van der Waals surface area contributed by atoms with Crippen LogP contribution in [0.2, 0.25) is 0 Å². The molecule has 0 fully saturated rings. The van der Waals surface area contributed by atoms with Gasteiger partial charge in [0.15, 0.2) is 11.5 Å². The lowest BCUT2D eigenvalue weighted by Crippen LogP contribution is -2.29. The SMILES string of the molecule is CCCCCCCC/C=C\CCCCCCCC(=O)OCC([CH]CCNC(=O)c1ccc(Cn2c(=O)[nH]c3c(N)nc(OCCOC)nc32)cc1)OC(=O)CCCCCCC/C=C\CCCCCCCC. The highest BCUT2D eigenvalue weighted by atomic mass is 16.6. The van der Waals surface area contributed by atoms with E-state index in [9.17, 15) is 19.2 Å². The van der Waals surface area contributed by atoms with Gasteiger partial charge >= 0.3 is 23.6 Å². The lowest BCUT2D eigenvalue weighted by molar-refractivity contribution is -0.157. The summed E-state index contributed by atoms with van der Waals surface area (Å²) in [6.07, 6.45) is 42.1. The van der Waals surface area contributed by atoms with E-state index in [1.807, 2.05) is 0 Å². The van der Waals surface area contributed by atoms with Crippen molar-refractivity contribution < 1.29 is 33.3 Å². The molecule has 4 N–H and O–H groups in total. The molecular formula is C57H91N6O8. The number of nitrogens with one attached hydrogen (secondary N) is 2. The second kappa shape index (κ2) is 39.6. The Hall–Kier alpha value is -4.98. The van der Waals surface area contributed by atoms with Crippen LogP contribution >= 0.6 is 0 Å². The summed E-state index contributed by atoms with van der Waals surface area (Å²) < 4.78 is 23.4. The zero-order valence-electron chi connectivity index (χ0n) is 44.0. The van der Waals surface area contributed by atoms with Gasteiger partial charge in [-0.15, -0.1) is 0 Å². The molecule has 1 radical (unpaired) electrons. The zero-order valence-corrected chi connectivity index (χ0v) is 44.0. The molecule has 397 valence electrons. The van der Waals surface area contributed by atoms with E-state index in [-0.39, 0.29) is 56.0 Å². The predicted octanol–water partition coefficient (Wildman–Crippen LogP) is 12.6. The van der Waals surface area contributed by atoms with Crippen LogP contribution in [0.25, 0.3) is 11.2 Å². The zero-order chi connectivity index (χ0) is 51.0. The van der Waals surface area contributed by atoms with Crippen molar-refractivity contribution in [1.82, 2.24) is 24.8 Å². The van der Waals surface area contributed by atoms with Crippen molar-refractivity contribution in [3.05, 3.63) is 76.6 Å². The van der Waals surface area contributed by atoms with E-state index < -0.39 is 11.8 Å². The Morgan fingerprint density at radius 1 is 0.676 bits per heavy atom. The van der Waals surface area contributed by atoms with Crippen LogP contribution in [0, 0.1) is 6.42 Å². The molecule has 0 aliphatic rings. The second-order valence-electron chi connectivity index (χ2n) is 18.8. The number of imidazole rings is 1. The van der Waals surface area contributed by atoms with E-state index in [0.717, 1.165) is 76.2 Å². The normalized spacial score (nSPS) is 12.0. The Morgan fingerprint density at radius 3 is 1.75 bits per heavy atom. The van der Waals surface area contributed by atoms with Crippen LogP contribution in [0.15, 0.2) is 53.4 Å². The number of aromatic nitrogens is 4. The van der Waals surface area contributed by atoms with Crippen molar-refractivity contribution >= 4 is 34.8 Å². The highest BCUT2D eigenvalue weighted by Crippen LogP contribution is 2.20. The standard InChI is InChI=1S/C57H91N6O8/c1-4-6-8-10-12-14-16-18-20-22-24-26-28-30-32-36-50(64)70-46-49(71-51(65)37-33-31-29-27-25-23-21-19-17-15-13-11-9-7-5-2)35-34-42-59-55(66)48-40-38-47(39-41-48)45-63-54-52(60-57(63)67)53(58)61-56(62-54)69-44-43-68-3/h18-21,35,38-41,49H,4-17,22-34,36-37,42-46H2,1-3H3,(H,59,66)(H,60,67)(H2,58,61,62)/b20-18-,21-19-. The molecule has 0 saturated carbocycles. The number of fused-ring (bicyclic) bond motifs is 1. The molecular weight excluding hydrogens is 897 g/mol. The molecule has 3 rings (SSSR count). The maximum absolute atomic E-state index is 13.1. The van der Waals surface area contributed by atoms with Gasteiger partial charge in [-0.25, -0.2) is 4.79 Å². The van der Waals surface area contributed by atoms with Crippen LogP contribution in [0.4, 0.5) is 5.82 Å². The Morgan fingerprint density at radius 2 is 1.20 bits per heavy atom. The molecule has 1 amide bonds. The lowest BCUT2D eigenvalue weighted by atomic mass is 10.1. The van der Waals surface area contributed by atoms with E-state index in [1.54, 1.807) is 37.8 Å². The van der Waals surface area contributed by atoms with Crippen LogP contribution in [0.1, 0.15) is 216 Å². The summed E-state index contributed by atoms with van der Waals surface area (Å²) in [4.78, 5) is 62.9. The van der Waals surface area contributed by atoms with Crippen LogP contribution in [-0.4, -0.2) is 76.9 Å². The number of carbonyl (C=O) groups is 3. The first-order valence-corrected chi connectivity index (χ1v) is 27.5. The van der Waals surface area contributed by atoms with Gasteiger partial charge in [-0.2, -0.15) is 9.97 Å². The summed E-state index contributed by atoms with van der Waals surface area (Å²) in [5.74, 6) is -0.805. The number of methoxy groups -OCH3 is 1. The van der Waals surface area contributed by atoms with E-state index >= 15 is 0 Å². The Labute approximate surface area is 426 Å². The number of aromatic amines is 1. The minimum Gasteiger partial charge on any atom is -0.462 e. The van der Waals surface area contributed by atoms with Crippen molar-refractivity contribution in [2.24, 2.45) is 0 Å². The van der Waals surface area contributed by atoms with Gasteiger partial charge in [-0.05, 0) is 88.3 Å². The second-order valence-corrected chi connectivity index (χ2v) is 18.8. The molecule has 1 unspecified atom stereocenters. The first-order chi connectivity index (χ1) is 34.7. The number of allylic oxidation sites excluding steroid dienone is 4. The van der Waals surface area contributed by atoms with E-state index in [1.165, 1.54) is 101 Å². The monoisotopic (exact) mass is 988 g/mol. The number of hydrogen-bond acceptors (Lipinski definition) is 11. The molecule has 71 heavy (non-hydrogen) atoms. The van der Waals surface area contributed by atoms with Crippen LogP contribution in [-0.2, 0) is 30.3 Å². The van der Waals surface area contributed by atoms with Gasteiger partial charge in [0.05, 0.1) is 13.2 Å². The van der Waals surface area contributed by atoms with Gasteiger partial charge in [0.25, 0.3) is 5.91 Å². The number of rotatable bonds is 44. The maximum atomic E-state index is 13.1. The number of nitrogens with two attached hydrogens (primary N) is 1. The molecule has 0 aliphatic carbocycles. The third-order valence-electron chi connectivity index (χ3n) is 12.5. The molecule has 2 aromatic heterocycles. The summed E-state index contributed by atoms with van der Waals surface area (Å²) in [6.45, 7) is 5.46. The molecule has 0 spiro atoms. The molecule has 1 atom stereocenters. The largest absolute Gasteiger partial charge is 0.462 e. The molecule has 3 aromatic rings. The van der Waals surface area contributed by atoms with Crippen molar-refractivity contribution in [3.63, 3.8) is 0 Å². The molecule has 14 nitrogen and oxygen atoms in total. The average Bonchev–Trinajstić information content (AvgIpc) is 3.68. The predicted molar refractivity (Wildman–Crippen MR) is 286 cm³/mol. The van der Waals surface area contributed by atoms with E-state index in [0.29, 0.717) is 42.6 Å². The lowest BCUT2D eigenvalue weighted by Gasteiger charge is -2.18. The number of benzene rings is 1. The fourth-order valence-electron chi connectivity index (χ4n) is 8.26. The molecule has 0 bridgehead atoms. The summed E-state index contributed by atoms with van der Waals surface area (Å²) in [5.41, 5.74) is 7.48. The fraction of sp³-hybridized carbons (Fsp3) is 0.667. The summed E-state index contributed by atoms with van der Waals surface area (Å²) in [6, 6.07) is 6.94. The number of H-pyrrole nitrogens is 1. The molecule has 0 saturated heterocycles. The summed E-state index contributed by atoms with van der Waals surface area (Å²) in [7, 11) is 1.56. The highest BCUT2D eigenvalue weighted by Gasteiger charge is 2.19. The van der Waals surface area contributed by atoms with Gasteiger partial charge in [0, 0.05) is 38.5 Å². The van der Waals surface area contributed by atoms with Gasteiger partial charge in [-0.3, -0.25) is 19.0 Å². The number of nitrogens with zero attached hydrogens (tertiary/aromatic N) is 3. The highest BCUT2D eigenvalue weighted by molar-refractivity contribution is 5.94. The van der Waals surface area contributed by atoms with Crippen molar-refractivity contribution in [1.29, 1.82) is 0 Å². The smallest absolute Gasteiger partial charge is 0.328 e. The number of esters is 2. The topological polar surface area (TPSA) is 190 Å². The van der Waals surface area contributed by atoms with Gasteiger partial charge < -0.3 is 35.0 Å². The fourth-order valence-corrected chi connectivity index (χ4v) is 8.26. The summed E-state index contributed by atoms with van der Waals surface area (Å²) >= 11 is 0. The van der Waals surface area contributed by atoms with E-state index in [4.69, 9.17) is 24.7 Å². The Bertz CT molecular complexity index is 1990. The number of hydrogen-bond donors (Lipinski definition) is 3. The molecule has 0 aliphatic heterocycles. The van der Waals surface area contributed by atoms with Crippen molar-refractivity contribution in [3.8, 4) is 6.01 Å². The Balaban J connectivity index is 1.40. The number of unbranched alkanes of at least 4 members (excludes halogenated alkanes) is 22. The third kappa shape index (κ3) is 28.0. The molecule has 14 heteroatoms. The number of amides is 1. The minimum absolute atomic E-state index is 0.0346. The maximum Gasteiger partial charge on any atom is 0.328 e. The average molecular weight is 988 g/mol. The van der Waals surface area contributed by atoms with Crippen LogP contribution < -0.4 is 21.5 Å². The molecule has 2 heterocycles. The summed E-state index contributed by atoms with van der Waals surface area (Å²) in [5, 5.41) is 2.92. The van der Waals surface area contributed by atoms with Gasteiger partial charge in [-0.1, -0.05) is 153 Å². The number of carbonyl (C=O) groups excluding carboxylic acids is 3. The quantitative estimate of drug-likeness (QED) is 0.0278. The minimum atomic E-state index is -0.721. The third-order valence-corrected chi connectivity index (χ3v) is 12.5. The van der Waals surface area contributed by atoms with E-state index in [2.05, 4.69) is 58.4 Å².